The zero-order valence-electron chi connectivity index (χ0n) is 7.04. The molecule has 0 saturated carbocycles. The molecule has 0 heterocycles. The smallest absolute Gasteiger partial charge is 0.307 e. The first-order valence-electron chi connectivity index (χ1n) is 3.85. The van der Waals surface area contributed by atoms with Crippen molar-refractivity contribution in [2.24, 2.45) is 0 Å². The lowest BCUT2D eigenvalue weighted by molar-refractivity contribution is -0.136. The molecule has 0 aromatic heterocycles. The van der Waals surface area contributed by atoms with Crippen LogP contribution in [-0.4, -0.2) is 18.2 Å². The number of aliphatic carboxylic acids is 1. The number of methoxy groups -OCH3 is 1. The average Bonchev–Trinajstić information content (AvgIpc) is 2.05. The van der Waals surface area contributed by atoms with E-state index in [1.54, 1.807) is 7.11 Å². The van der Waals surface area contributed by atoms with Crippen molar-refractivity contribution in [1.82, 2.24) is 0 Å². The summed E-state index contributed by atoms with van der Waals surface area (Å²) >= 11 is 0. The van der Waals surface area contributed by atoms with Crippen LogP contribution in [0.3, 0.4) is 0 Å². The van der Waals surface area contributed by atoms with Gasteiger partial charge < -0.3 is 9.84 Å². The van der Waals surface area contributed by atoms with E-state index < -0.39 is 5.97 Å². The second-order valence-corrected chi connectivity index (χ2v) is 2.72. The normalized spacial score (nSPS) is 16.4. The molecular formula is C9H12O3. The van der Waals surface area contributed by atoms with Gasteiger partial charge in [-0.25, -0.2) is 0 Å². The molecule has 1 N–H and O–H groups in total. The summed E-state index contributed by atoms with van der Waals surface area (Å²) in [6, 6.07) is 0. The number of hydrogen-bond acceptors (Lipinski definition) is 2. The van der Waals surface area contributed by atoms with E-state index in [4.69, 9.17) is 9.84 Å². The topological polar surface area (TPSA) is 46.5 Å². The zero-order chi connectivity index (χ0) is 8.97. The number of carbonyl (C=O) groups is 1. The summed E-state index contributed by atoms with van der Waals surface area (Å²) in [6.07, 6.45) is 5.42. The fourth-order valence-electron chi connectivity index (χ4n) is 1.16. The molecule has 66 valence electrons. The molecule has 1 aliphatic rings. The fraction of sp³-hybridized carbons (Fsp3) is 0.444. The van der Waals surface area contributed by atoms with Crippen molar-refractivity contribution < 1.29 is 14.6 Å². The summed E-state index contributed by atoms with van der Waals surface area (Å²) in [5.74, 6) is 0.152. The maximum absolute atomic E-state index is 10.3. The Labute approximate surface area is 71.3 Å². The Bertz CT molecular complexity index is 238. The summed E-state index contributed by atoms with van der Waals surface area (Å²) in [7, 11) is 1.63. The SMILES string of the molecule is COC1=CCC(CC(=O)O)=CC1. The molecule has 0 unspecified atom stereocenters. The Morgan fingerprint density at radius 3 is 2.75 bits per heavy atom. The maximum Gasteiger partial charge on any atom is 0.307 e. The number of rotatable bonds is 3. The van der Waals surface area contributed by atoms with Crippen LogP contribution >= 0.6 is 0 Å². The molecule has 1 rings (SSSR count). The summed E-state index contributed by atoms with van der Waals surface area (Å²) in [6.45, 7) is 0. The molecular weight excluding hydrogens is 156 g/mol. The van der Waals surface area contributed by atoms with Crippen LogP contribution in [0.4, 0.5) is 0 Å². The van der Waals surface area contributed by atoms with Crippen LogP contribution in [-0.2, 0) is 9.53 Å². The first-order chi connectivity index (χ1) is 5.72. The van der Waals surface area contributed by atoms with Crippen molar-refractivity contribution in [2.45, 2.75) is 19.3 Å². The van der Waals surface area contributed by atoms with Gasteiger partial charge in [-0.05, 0) is 12.5 Å². The predicted molar refractivity (Wildman–Crippen MR) is 44.7 cm³/mol. The van der Waals surface area contributed by atoms with E-state index in [9.17, 15) is 4.79 Å². The van der Waals surface area contributed by atoms with E-state index in [1.807, 2.05) is 12.2 Å². The lowest BCUT2D eigenvalue weighted by Crippen LogP contribution is -2.00. The molecule has 0 aliphatic heterocycles. The first kappa shape index (κ1) is 8.84. The molecule has 0 atom stereocenters. The molecule has 0 aromatic rings. The van der Waals surface area contributed by atoms with Gasteiger partial charge in [0.1, 0.15) is 0 Å². The third-order valence-corrected chi connectivity index (χ3v) is 1.82. The van der Waals surface area contributed by atoms with Gasteiger partial charge in [0, 0.05) is 6.42 Å². The summed E-state index contributed by atoms with van der Waals surface area (Å²) in [4.78, 5) is 10.3. The number of carboxylic acid groups (broad SMARTS) is 1. The van der Waals surface area contributed by atoms with E-state index in [0.717, 1.165) is 17.8 Å². The molecule has 3 heteroatoms. The number of hydrogen-bond donors (Lipinski definition) is 1. The largest absolute Gasteiger partial charge is 0.501 e. The quantitative estimate of drug-likeness (QED) is 0.652. The van der Waals surface area contributed by atoms with Crippen LogP contribution in [0.15, 0.2) is 23.5 Å². The van der Waals surface area contributed by atoms with E-state index >= 15 is 0 Å². The van der Waals surface area contributed by atoms with Crippen LogP contribution in [0.2, 0.25) is 0 Å². The van der Waals surface area contributed by atoms with Gasteiger partial charge in [0.05, 0.1) is 19.3 Å². The van der Waals surface area contributed by atoms with E-state index in [0.29, 0.717) is 6.42 Å². The fourth-order valence-corrected chi connectivity index (χ4v) is 1.16. The van der Waals surface area contributed by atoms with Crippen LogP contribution < -0.4 is 0 Å². The molecule has 0 radical (unpaired) electrons. The van der Waals surface area contributed by atoms with E-state index in [-0.39, 0.29) is 6.42 Å². The highest BCUT2D eigenvalue weighted by molar-refractivity contribution is 5.70. The van der Waals surface area contributed by atoms with Gasteiger partial charge >= 0.3 is 5.97 Å². The molecule has 0 bridgehead atoms. The Hall–Kier alpha value is -1.25. The van der Waals surface area contributed by atoms with Gasteiger partial charge in [-0.15, -0.1) is 0 Å². The number of ether oxygens (including phenoxy) is 1. The van der Waals surface area contributed by atoms with Crippen molar-refractivity contribution >= 4 is 5.97 Å². The van der Waals surface area contributed by atoms with Crippen LogP contribution in [0.25, 0.3) is 0 Å². The molecule has 12 heavy (non-hydrogen) atoms. The summed E-state index contributed by atoms with van der Waals surface area (Å²) in [5, 5.41) is 8.50. The Morgan fingerprint density at radius 1 is 1.58 bits per heavy atom. The van der Waals surface area contributed by atoms with Crippen molar-refractivity contribution in [1.29, 1.82) is 0 Å². The van der Waals surface area contributed by atoms with Crippen LogP contribution in [0.1, 0.15) is 19.3 Å². The third kappa shape index (κ3) is 2.42. The lowest BCUT2D eigenvalue weighted by atomic mass is 10.0. The summed E-state index contributed by atoms with van der Waals surface area (Å²) in [5.41, 5.74) is 0.961. The molecule has 0 amide bonds. The lowest BCUT2D eigenvalue weighted by Gasteiger charge is -2.11. The van der Waals surface area contributed by atoms with Gasteiger partial charge in [0.2, 0.25) is 0 Å². The standard InChI is InChI=1S/C9H12O3/c1-12-8-4-2-7(3-5-8)6-9(10)11/h2,5H,3-4,6H2,1H3,(H,10,11). The molecule has 0 aromatic carbocycles. The number of allylic oxidation sites excluding steroid dienone is 2. The molecule has 3 nitrogen and oxygen atoms in total. The van der Waals surface area contributed by atoms with Crippen LogP contribution in [0.5, 0.6) is 0 Å². The Balaban J connectivity index is 2.44. The predicted octanol–water partition coefficient (Wildman–Crippen LogP) is 1.71. The third-order valence-electron chi connectivity index (χ3n) is 1.82. The minimum absolute atomic E-state index is 0.146. The van der Waals surface area contributed by atoms with Gasteiger partial charge in [-0.2, -0.15) is 0 Å². The van der Waals surface area contributed by atoms with Crippen molar-refractivity contribution in [3.63, 3.8) is 0 Å². The highest BCUT2D eigenvalue weighted by atomic mass is 16.5. The zero-order valence-corrected chi connectivity index (χ0v) is 7.04. The maximum atomic E-state index is 10.3. The molecule has 0 saturated heterocycles. The van der Waals surface area contributed by atoms with Gasteiger partial charge in [-0.3, -0.25) is 4.79 Å². The van der Waals surface area contributed by atoms with Gasteiger partial charge in [0.25, 0.3) is 0 Å². The van der Waals surface area contributed by atoms with E-state index in [2.05, 4.69) is 0 Å². The summed E-state index contributed by atoms with van der Waals surface area (Å²) < 4.78 is 5.01. The highest BCUT2D eigenvalue weighted by Gasteiger charge is 2.07. The average molecular weight is 168 g/mol. The Kier molecular flexibility index (Phi) is 2.91. The number of carboxylic acids is 1. The molecule has 0 fully saturated rings. The molecule has 0 spiro atoms. The monoisotopic (exact) mass is 168 g/mol. The Morgan fingerprint density at radius 2 is 2.33 bits per heavy atom. The molecule has 1 aliphatic carbocycles. The van der Waals surface area contributed by atoms with Crippen molar-refractivity contribution in [3.05, 3.63) is 23.5 Å². The van der Waals surface area contributed by atoms with Crippen molar-refractivity contribution in [3.8, 4) is 0 Å². The second-order valence-electron chi connectivity index (χ2n) is 2.72. The first-order valence-corrected chi connectivity index (χ1v) is 3.85. The van der Waals surface area contributed by atoms with Gasteiger partial charge in [-0.1, -0.05) is 11.6 Å². The van der Waals surface area contributed by atoms with E-state index in [1.165, 1.54) is 0 Å². The van der Waals surface area contributed by atoms with Gasteiger partial charge in [0.15, 0.2) is 0 Å². The second kappa shape index (κ2) is 3.95. The minimum atomic E-state index is -0.768. The van der Waals surface area contributed by atoms with Crippen molar-refractivity contribution in [2.75, 3.05) is 7.11 Å². The van der Waals surface area contributed by atoms with Crippen LogP contribution in [0, 0.1) is 0 Å². The minimum Gasteiger partial charge on any atom is -0.501 e. The highest BCUT2D eigenvalue weighted by Crippen LogP contribution is 2.19.